The summed E-state index contributed by atoms with van der Waals surface area (Å²) in [5, 5.41) is 0. The molecule has 1 aromatic carbocycles. The number of rotatable bonds is 6. The Hall–Kier alpha value is -1.85. The highest BCUT2D eigenvalue weighted by atomic mass is 32.1. The maximum absolute atomic E-state index is 12.7. The summed E-state index contributed by atoms with van der Waals surface area (Å²) in [6, 6.07) is 10.6. The zero-order chi connectivity index (χ0) is 18.5. The zero-order valence-electron chi connectivity index (χ0n) is 16.0. The van der Waals surface area contributed by atoms with Gasteiger partial charge in [0.1, 0.15) is 0 Å². The molecule has 0 atom stereocenters. The van der Waals surface area contributed by atoms with Crippen molar-refractivity contribution in [3.8, 4) is 0 Å². The third kappa shape index (κ3) is 4.46. The minimum Gasteiger partial charge on any atom is -0.378 e. The summed E-state index contributed by atoms with van der Waals surface area (Å²) in [7, 11) is 1.88. The molecule has 4 nitrogen and oxygen atoms in total. The van der Waals surface area contributed by atoms with Crippen molar-refractivity contribution in [2.24, 2.45) is 0 Å². The molecule has 0 N–H and O–H groups in total. The van der Waals surface area contributed by atoms with E-state index in [4.69, 9.17) is 4.74 Å². The molecule has 1 saturated heterocycles. The van der Waals surface area contributed by atoms with Crippen LogP contribution in [0.2, 0.25) is 0 Å². The minimum absolute atomic E-state index is 0.109. The number of anilines is 1. The summed E-state index contributed by atoms with van der Waals surface area (Å²) in [4.78, 5) is 19.0. The Labute approximate surface area is 160 Å². The van der Waals surface area contributed by atoms with Crippen LogP contribution in [0.3, 0.4) is 0 Å². The van der Waals surface area contributed by atoms with Crippen LogP contribution < -0.4 is 4.90 Å². The number of hydrogen-bond donors (Lipinski definition) is 0. The van der Waals surface area contributed by atoms with E-state index in [1.807, 2.05) is 11.9 Å². The Balaban J connectivity index is 1.62. The first-order valence-corrected chi connectivity index (χ1v) is 10.2. The van der Waals surface area contributed by atoms with Crippen LogP contribution in [0.4, 0.5) is 5.69 Å². The first-order valence-electron chi connectivity index (χ1n) is 9.35. The molecule has 1 aliphatic heterocycles. The van der Waals surface area contributed by atoms with Gasteiger partial charge >= 0.3 is 0 Å². The smallest absolute Gasteiger partial charge is 0.263 e. The molecule has 1 fully saturated rings. The predicted octanol–water partition coefficient (Wildman–Crippen LogP) is 4.12. The number of hydrogen-bond acceptors (Lipinski definition) is 4. The van der Waals surface area contributed by atoms with E-state index in [9.17, 15) is 4.79 Å². The lowest BCUT2D eigenvalue weighted by atomic mass is 10.1. The molecular weight excluding hydrogens is 344 g/mol. The van der Waals surface area contributed by atoms with E-state index in [0.717, 1.165) is 49.6 Å². The molecule has 2 aromatic rings. The second-order valence-electron chi connectivity index (χ2n) is 6.87. The van der Waals surface area contributed by atoms with Crippen LogP contribution in [0.1, 0.15) is 39.0 Å². The molecule has 2 heterocycles. The van der Waals surface area contributed by atoms with Gasteiger partial charge in [0.25, 0.3) is 5.91 Å². The number of thiophene rings is 1. The largest absolute Gasteiger partial charge is 0.378 e. The van der Waals surface area contributed by atoms with E-state index >= 15 is 0 Å². The number of ether oxygens (including phenoxy) is 1. The van der Waals surface area contributed by atoms with E-state index < -0.39 is 0 Å². The minimum atomic E-state index is 0.109. The van der Waals surface area contributed by atoms with Crippen molar-refractivity contribution >= 4 is 22.9 Å². The molecule has 0 unspecified atom stereocenters. The van der Waals surface area contributed by atoms with Crippen LogP contribution in [0.5, 0.6) is 0 Å². The van der Waals surface area contributed by atoms with Gasteiger partial charge in [0, 0.05) is 37.2 Å². The summed E-state index contributed by atoms with van der Waals surface area (Å²) in [6.07, 6.45) is 2.15. The van der Waals surface area contributed by atoms with Gasteiger partial charge in [0.05, 0.1) is 18.1 Å². The quantitative estimate of drug-likeness (QED) is 0.765. The van der Waals surface area contributed by atoms with Gasteiger partial charge in [-0.05, 0) is 42.7 Å². The molecule has 0 spiro atoms. The molecule has 1 aliphatic rings. The van der Waals surface area contributed by atoms with Crippen molar-refractivity contribution in [2.45, 2.75) is 33.2 Å². The highest BCUT2D eigenvalue weighted by molar-refractivity contribution is 7.14. The summed E-state index contributed by atoms with van der Waals surface area (Å²) in [5.41, 5.74) is 3.69. The number of nitrogens with zero attached hydrogens (tertiary/aromatic N) is 2. The topological polar surface area (TPSA) is 32.8 Å². The number of carbonyl (C=O) groups excluding carboxylic acids is 1. The fourth-order valence-electron chi connectivity index (χ4n) is 3.31. The molecule has 26 heavy (non-hydrogen) atoms. The average Bonchev–Trinajstić information content (AvgIpc) is 3.03. The molecular formula is C21H28N2O2S. The maximum Gasteiger partial charge on any atom is 0.263 e. The molecule has 1 amide bonds. The van der Waals surface area contributed by atoms with E-state index in [0.29, 0.717) is 6.54 Å². The van der Waals surface area contributed by atoms with Crippen LogP contribution in [-0.2, 0) is 17.7 Å². The van der Waals surface area contributed by atoms with Crippen molar-refractivity contribution in [1.29, 1.82) is 0 Å². The van der Waals surface area contributed by atoms with Gasteiger partial charge in [-0.25, -0.2) is 0 Å². The summed E-state index contributed by atoms with van der Waals surface area (Å²) >= 11 is 1.61. The van der Waals surface area contributed by atoms with Gasteiger partial charge < -0.3 is 14.5 Å². The Morgan fingerprint density at radius 3 is 2.58 bits per heavy atom. The summed E-state index contributed by atoms with van der Waals surface area (Å²) in [5.74, 6) is 0.109. The fraction of sp³-hybridized carbons (Fsp3) is 0.476. The SMILES string of the molecule is CCCc1cc(C(=O)N(C)Cc2ccc(N3CCOCC3)cc2)sc1C. The summed E-state index contributed by atoms with van der Waals surface area (Å²) in [6.45, 7) is 8.37. The lowest BCUT2D eigenvalue weighted by Crippen LogP contribution is -2.36. The van der Waals surface area contributed by atoms with Crippen LogP contribution in [0.15, 0.2) is 30.3 Å². The molecule has 0 saturated carbocycles. The maximum atomic E-state index is 12.7. The molecule has 3 rings (SSSR count). The first kappa shape index (κ1) is 18.9. The van der Waals surface area contributed by atoms with Crippen LogP contribution in [0.25, 0.3) is 0 Å². The number of morpholine rings is 1. The molecule has 0 radical (unpaired) electrons. The van der Waals surface area contributed by atoms with Gasteiger partial charge in [-0.2, -0.15) is 0 Å². The first-order chi connectivity index (χ1) is 12.6. The molecule has 1 aromatic heterocycles. The number of aryl methyl sites for hydroxylation is 2. The normalized spacial score (nSPS) is 14.5. The number of benzene rings is 1. The standard InChI is InChI=1S/C21H28N2O2S/c1-4-5-18-14-20(26-16(18)2)21(24)22(3)15-17-6-8-19(9-7-17)23-10-12-25-13-11-23/h6-9,14H,4-5,10-13,15H2,1-3H3. The summed E-state index contributed by atoms with van der Waals surface area (Å²) < 4.78 is 5.41. The van der Waals surface area contributed by atoms with Crippen LogP contribution >= 0.6 is 11.3 Å². The average molecular weight is 373 g/mol. The fourth-order valence-corrected chi connectivity index (χ4v) is 4.38. The Bertz CT molecular complexity index is 733. The second kappa shape index (κ2) is 8.69. The van der Waals surface area contributed by atoms with Gasteiger partial charge in [-0.15, -0.1) is 11.3 Å². The van der Waals surface area contributed by atoms with Crippen molar-refractivity contribution in [1.82, 2.24) is 4.90 Å². The van der Waals surface area contributed by atoms with Crippen molar-refractivity contribution in [3.05, 3.63) is 51.2 Å². The monoisotopic (exact) mass is 372 g/mol. The lowest BCUT2D eigenvalue weighted by Gasteiger charge is -2.29. The Morgan fingerprint density at radius 2 is 1.92 bits per heavy atom. The third-order valence-corrected chi connectivity index (χ3v) is 5.91. The molecule has 140 valence electrons. The lowest BCUT2D eigenvalue weighted by molar-refractivity contribution is 0.0790. The predicted molar refractivity (Wildman–Crippen MR) is 108 cm³/mol. The van der Waals surface area contributed by atoms with E-state index in [2.05, 4.69) is 49.1 Å². The molecule has 0 aliphatic carbocycles. The van der Waals surface area contributed by atoms with Gasteiger partial charge in [-0.3, -0.25) is 4.79 Å². The third-order valence-electron chi connectivity index (χ3n) is 4.83. The van der Waals surface area contributed by atoms with Gasteiger partial charge in [0.15, 0.2) is 0 Å². The van der Waals surface area contributed by atoms with Crippen LogP contribution in [-0.4, -0.2) is 44.2 Å². The molecule has 5 heteroatoms. The van der Waals surface area contributed by atoms with E-state index in [-0.39, 0.29) is 5.91 Å². The van der Waals surface area contributed by atoms with Gasteiger partial charge in [-0.1, -0.05) is 25.5 Å². The van der Waals surface area contributed by atoms with Crippen LogP contribution in [0, 0.1) is 6.92 Å². The number of carbonyl (C=O) groups is 1. The van der Waals surface area contributed by atoms with Gasteiger partial charge in [0.2, 0.25) is 0 Å². The van der Waals surface area contributed by atoms with E-state index in [1.165, 1.54) is 16.1 Å². The van der Waals surface area contributed by atoms with E-state index in [1.54, 1.807) is 11.3 Å². The second-order valence-corrected chi connectivity index (χ2v) is 8.13. The molecule has 0 bridgehead atoms. The highest BCUT2D eigenvalue weighted by Gasteiger charge is 2.17. The number of amides is 1. The Kier molecular flexibility index (Phi) is 6.33. The highest BCUT2D eigenvalue weighted by Crippen LogP contribution is 2.24. The van der Waals surface area contributed by atoms with Crippen molar-refractivity contribution in [2.75, 3.05) is 38.3 Å². The van der Waals surface area contributed by atoms with Crippen molar-refractivity contribution in [3.63, 3.8) is 0 Å². The Morgan fingerprint density at radius 1 is 1.23 bits per heavy atom. The van der Waals surface area contributed by atoms with Crippen molar-refractivity contribution < 1.29 is 9.53 Å². The zero-order valence-corrected chi connectivity index (χ0v) is 16.8.